The Kier molecular flexibility index (Phi) is 9.63. The van der Waals surface area contributed by atoms with Crippen molar-refractivity contribution in [2.45, 2.75) is 0 Å². The summed E-state index contributed by atoms with van der Waals surface area (Å²) < 4.78 is 0. The van der Waals surface area contributed by atoms with Gasteiger partial charge in [-0.1, -0.05) is 182 Å². The maximum Gasteiger partial charge on any atom is 0.179 e. The summed E-state index contributed by atoms with van der Waals surface area (Å²) in [6, 6.07) is 93.4. The summed E-state index contributed by atoms with van der Waals surface area (Å²) in [5.41, 5.74) is 6.70. The molecule has 0 bridgehead atoms. The summed E-state index contributed by atoms with van der Waals surface area (Å²) in [5, 5.41) is 10.2. The number of hydrogen-bond donors (Lipinski definition) is 0. The van der Waals surface area contributed by atoms with E-state index in [4.69, 9.17) is 0 Å². The molecule has 0 aromatic heterocycles. The minimum Gasteiger partial charge on any atom is -0.310 e. The van der Waals surface area contributed by atoms with Crippen LogP contribution in [0.2, 0.25) is 0 Å². The fourth-order valence-electron chi connectivity index (χ4n) is 8.81. The Hall–Kier alpha value is -7.46. The number of para-hydroxylation sites is 2. The normalized spacial score (nSPS) is 11.4. The lowest BCUT2D eigenvalue weighted by atomic mass is 10.1. The van der Waals surface area contributed by atoms with Gasteiger partial charge in [-0.15, -0.1) is 0 Å². The summed E-state index contributed by atoms with van der Waals surface area (Å²) in [5.74, 6) is 0. The number of rotatable bonds is 10. The summed E-state index contributed by atoms with van der Waals surface area (Å²) in [4.78, 5) is 4.80. The molecule has 0 heterocycles. The highest BCUT2D eigenvalue weighted by atomic mass is 28.3. The quantitative estimate of drug-likeness (QED) is 0.101. The predicted octanol–water partition coefficient (Wildman–Crippen LogP) is 12.3. The average Bonchev–Trinajstić information content (AvgIpc) is 3.31. The van der Waals surface area contributed by atoms with Crippen molar-refractivity contribution in [2.24, 2.45) is 0 Å². The zero-order chi connectivity index (χ0) is 39.4. The third-order valence-corrected chi connectivity index (χ3v) is 16.3. The van der Waals surface area contributed by atoms with Gasteiger partial charge in [0.25, 0.3) is 0 Å². The van der Waals surface area contributed by atoms with Gasteiger partial charge in [-0.05, 0) is 115 Å². The van der Waals surface area contributed by atoms with E-state index in [0.29, 0.717) is 0 Å². The SMILES string of the molecule is c1ccc(N(c2cccc([Si](c3ccccc3)(c3ccccc3)c3cccc(N(c4ccccc4)c4ccc5ccccc5c4)c3)c2)c2ccc3ccccc3c2)cc1. The van der Waals surface area contributed by atoms with Gasteiger partial charge in [0.1, 0.15) is 0 Å². The molecular formula is C56H42N2Si. The molecule has 10 aromatic rings. The molecule has 59 heavy (non-hydrogen) atoms. The van der Waals surface area contributed by atoms with Crippen LogP contribution in [0.1, 0.15) is 0 Å². The fraction of sp³-hybridized carbons (Fsp3) is 0. The fourth-order valence-corrected chi connectivity index (χ4v) is 13.6. The number of nitrogens with zero attached hydrogens (tertiary/aromatic N) is 2. The first-order valence-corrected chi connectivity index (χ1v) is 22.3. The number of benzene rings is 10. The standard InChI is InChI=1S/C56H42N2Si/c1-5-23-47(24-6-1)57(51-37-35-43-19-13-15-21-45(43)39-51)49-27-17-33-55(41-49)59(53-29-9-3-10-30-53,54-31-11-4-12-32-54)56-34-18-28-50(42-56)58(48-25-7-2-8-26-48)52-38-36-44-20-14-16-22-46(44)40-52/h1-42H. The molecular weight excluding hydrogens is 729 g/mol. The predicted molar refractivity (Wildman–Crippen MR) is 254 cm³/mol. The Labute approximate surface area is 347 Å². The molecule has 0 saturated carbocycles. The van der Waals surface area contributed by atoms with Gasteiger partial charge < -0.3 is 9.80 Å². The Balaban J connectivity index is 1.22. The molecule has 0 atom stereocenters. The topological polar surface area (TPSA) is 6.48 Å². The third-order valence-electron chi connectivity index (χ3n) is 11.5. The van der Waals surface area contributed by atoms with Crippen molar-refractivity contribution >= 4 is 84.5 Å². The number of hydrogen-bond acceptors (Lipinski definition) is 2. The molecule has 2 nitrogen and oxygen atoms in total. The molecule has 0 N–H and O–H groups in total. The second-order valence-electron chi connectivity index (χ2n) is 15.0. The maximum atomic E-state index is 2.46. The van der Waals surface area contributed by atoms with Crippen molar-refractivity contribution in [2.75, 3.05) is 9.80 Å². The lowest BCUT2D eigenvalue weighted by Crippen LogP contribution is -2.74. The highest BCUT2D eigenvalue weighted by Gasteiger charge is 2.42. The molecule has 0 aliphatic carbocycles. The second kappa shape index (κ2) is 15.8. The van der Waals surface area contributed by atoms with Crippen LogP contribution < -0.4 is 30.5 Å². The molecule has 0 radical (unpaired) electrons. The lowest BCUT2D eigenvalue weighted by molar-refractivity contribution is 1.29. The average molecular weight is 771 g/mol. The van der Waals surface area contributed by atoms with E-state index in [-0.39, 0.29) is 0 Å². The van der Waals surface area contributed by atoms with E-state index in [9.17, 15) is 0 Å². The van der Waals surface area contributed by atoms with E-state index >= 15 is 0 Å². The third kappa shape index (κ3) is 6.78. The van der Waals surface area contributed by atoms with E-state index in [1.54, 1.807) is 0 Å². The van der Waals surface area contributed by atoms with Crippen LogP contribution in [0.25, 0.3) is 21.5 Å². The number of fused-ring (bicyclic) bond motifs is 2. The van der Waals surface area contributed by atoms with Crippen LogP contribution in [0.15, 0.2) is 255 Å². The summed E-state index contributed by atoms with van der Waals surface area (Å²) in [6.45, 7) is 0. The molecule has 3 heteroatoms. The molecule has 0 amide bonds. The largest absolute Gasteiger partial charge is 0.310 e. The van der Waals surface area contributed by atoms with Crippen LogP contribution in [0, 0.1) is 0 Å². The zero-order valence-corrected chi connectivity index (χ0v) is 33.6. The van der Waals surface area contributed by atoms with E-state index < -0.39 is 8.07 Å². The van der Waals surface area contributed by atoms with Crippen molar-refractivity contribution in [3.63, 3.8) is 0 Å². The van der Waals surface area contributed by atoms with Gasteiger partial charge in [-0.3, -0.25) is 0 Å². The Morgan fingerprint density at radius 3 is 0.915 bits per heavy atom. The van der Waals surface area contributed by atoms with Gasteiger partial charge in [-0.2, -0.15) is 0 Å². The lowest BCUT2D eigenvalue weighted by Gasteiger charge is -2.36. The molecule has 0 spiro atoms. The molecule has 10 rings (SSSR count). The van der Waals surface area contributed by atoms with Crippen LogP contribution >= 0.6 is 0 Å². The van der Waals surface area contributed by atoms with Crippen LogP contribution in [0.4, 0.5) is 34.1 Å². The summed E-state index contributed by atoms with van der Waals surface area (Å²) >= 11 is 0. The number of anilines is 6. The molecule has 280 valence electrons. The highest BCUT2D eigenvalue weighted by molar-refractivity contribution is 7.20. The van der Waals surface area contributed by atoms with Gasteiger partial charge in [0.2, 0.25) is 0 Å². The molecule has 0 aliphatic heterocycles. The highest BCUT2D eigenvalue weighted by Crippen LogP contribution is 2.38. The van der Waals surface area contributed by atoms with Crippen LogP contribution in [0.3, 0.4) is 0 Å². The van der Waals surface area contributed by atoms with Gasteiger partial charge >= 0.3 is 0 Å². The molecule has 10 aromatic carbocycles. The monoisotopic (exact) mass is 770 g/mol. The zero-order valence-electron chi connectivity index (χ0n) is 32.6. The summed E-state index contributed by atoms with van der Waals surface area (Å²) in [7, 11) is -3.00. The van der Waals surface area contributed by atoms with E-state index in [1.165, 1.54) is 42.3 Å². The molecule has 0 unspecified atom stereocenters. The first-order valence-electron chi connectivity index (χ1n) is 20.3. The van der Waals surface area contributed by atoms with Crippen molar-refractivity contribution in [3.05, 3.63) is 255 Å². The Morgan fingerprint density at radius 2 is 0.508 bits per heavy atom. The molecule has 0 fully saturated rings. The second-order valence-corrected chi connectivity index (χ2v) is 18.8. The van der Waals surface area contributed by atoms with Crippen molar-refractivity contribution in [1.29, 1.82) is 0 Å². The van der Waals surface area contributed by atoms with Crippen molar-refractivity contribution in [3.8, 4) is 0 Å². The van der Waals surface area contributed by atoms with Crippen LogP contribution in [-0.2, 0) is 0 Å². The van der Waals surface area contributed by atoms with Gasteiger partial charge in [0.05, 0.1) is 0 Å². The van der Waals surface area contributed by atoms with Gasteiger partial charge in [-0.25, -0.2) is 0 Å². The Bertz CT molecular complexity index is 2800. The molecule has 0 saturated heterocycles. The maximum absolute atomic E-state index is 3.00. The van der Waals surface area contributed by atoms with E-state index in [0.717, 1.165) is 34.1 Å². The minimum atomic E-state index is -3.00. The van der Waals surface area contributed by atoms with Crippen LogP contribution in [-0.4, -0.2) is 8.07 Å². The Morgan fingerprint density at radius 1 is 0.203 bits per heavy atom. The first-order chi connectivity index (χ1) is 29.3. The summed E-state index contributed by atoms with van der Waals surface area (Å²) in [6.07, 6.45) is 0. The van der Waals surface area contributed by atoms with E-state index in [1.807, 2.05) is 0 Å². The molecule has 0 aliphatic rings. The van der Waals surface area contributed by atoms with Crippen molar-refractivity contribution in [1.82, 2.24) is 0 Å². The van der Waals surface area contributed by atoms with E-state index in [2.05, 4.69) is 265 Å². The first kappa shape index (κ1) is 35.9. The van der Waals surface area contributed by atoms with Gasteiger partial charge in [0.15, 0.2) is 8.07 Å². The van der Waals surface area contributed by atoms with Crippen LogP contribution in [0.5, 0.6) is 0 Å². The minimum absolute atomic E-state index is 1.11. The van der Waals surface area contributed by atoms with Gasteiger partial charge in [0, 0.05) is 34.1 Å². The van der Waals surface area contributed by atoms with Crippen molar-refractivity contribution < 1.29 is 0 Å². The smallest absolute Gasteiger partial charge is 0.179 e.